The Bertz CT molecular complexity index is 171. The Morgan fingerprint density at radius 3 is 2.21 bits per heavy atom. The molecule has 0 heterocycles. The standard InChI is InChI=1S/C10H18F3N/c1-9(5-3-2-4-6-9)7-14-8-10(11,12)13/h14H,2-8H2,1H3. The van der Waals surface area contributed by atoms with Crippen LogP contribution >= 0.6 is 0 Å². The maximum atomic E-state index is 11.9. The largest absolute Gasteiger partial charge is 0.401 e. The second kappa shape index (κ2) is 4.51. The molecule has 1 N–H and O–H groups in total. The van der Waals surface area contributed by atoms with Gasteiger partial charge in [-0.1, -0.05) is 26.2 Å². The molecule has 1 nitrogen and oxygen atoms in total. The van der Waals surface area contributed by atoms with Crippen molar-refractivity contribution in [3.63, 3.8) is 0 Å². The van der Waals surface area contributed by atoms with E-state index in [0.29, 0.717) is 6.54 Å². The van der Waals surface area contributed by atoms with Gasteiger partial charge in [-0.3, -0.25) is 0 Å². The van der Waals surface area contributed by atoms with E-state index in [1.807, 2.05) is 0 Å². The summed E-state index contributed by atoms with van der Waals surface area (Å²) in [4.78, 5) is 0. The second-order valence-electron chi connectivity index (χ2n) is 4.59. The Kier molecular flexibility index (Phi) is 3.81. The number of hydrogen-bond donors (Lipinski definition) is 1. The van der Waals surface area contributed by atoms with Crippen LogP contribution in [0.1, 0.15) is 39.0 Å². The molecule has 1 saturated carbocycles. The van der Waals surface area contributed by atoms with Crippen LogP contribution in [0.5, 0.6) is 0 Å². The maximum absolute atomic E-state index is 11.9. The van der Waals surface area contributed by atoms with Gasteiger partial charge in [0.05, 0.1) is 6.54 Å². The third kappa shape index (κ3) is 4.31. The lowest BCUT2D eigenvalue weighted by atomic mass is 9.76. The van der Waals surface area contributed by atoms with E-state index in [4.69, 9.17) is 0 Å². The average molecular weight is 209 g/mol. The monoisotopic (exact) mass is 209 g/mol. The number of alkyl halides is 3. The van der Waals surface area contributed by atoms with Crippen molar-refractivity contribution < 1.29 is 13.2 Å². The predicted molar refractivity (Wildman–Crippen MR) is 50.1 cm³/mol. The molecule has 0 atom stereocenters. The molecule has 1 rings (SSSR count). The lowest BCUT2D eigenvalue weighted by molar-refractivity contribution is -0.125. The molecular formula is C10H18F3N. The molecule has 4 heteroatoms. The van der Waals surface area contributed by atoms with Crippen LogP contribution in [0, 0.1) is 5.41 Å². The first kappa shape index (κ1) is 11.8. The first-order valence-corrected chi connectivity index (χ1v) is 5.19. The van der Waals surface area contributed by atoms with E-state index in [2.05, 4.69) is 12.2 Å². The summed E-state index contributed by atoms with van der Waals surface area (Å²) < 4.78 is 35.6. The summed E-state index contributed by atoms with van der Waals surface area (Å²) in [7, 11) is 0. The van der Waals surface area contributed by atoms with E-state index in [-0.39, 0.29) is 5.41 Å². The zero-order valence-electron chi connectivity index (χ0n) is 8.58. The van der Waals surface area contributed by atoms with Gasteiger partial charge in [-0.25, -0.2) is 0 Å². The van der Waals surface area contributed by atoms with Gasteiger partial charge in [-0.05, 0) is 18.3 Å². The fraction of sp³-hybridized carbons (Fsp3) is 1.00. The summed E-state index contributed by atoms with van der Waals surface area (Å²) in [5, 5.41) is 2.51. The van der Waals surface area contributed by atoms with Gasteiger partial charge in [-0.2, -0.15) is 13.2 Å². The molecule has 1 aliphatic rings. The van der Waals surface area contributed by atoms with Crippen LogP contribution in [0.4, 0.5) is 13.2 Å². The molecule has 84 valence electrons. The zero-order valence-corrected chi connectivity index (χ0v) is 8.58. The van der Waals surface area contributed by atoms with Crippen LogP contribution in [0.15, 0.2) is 0 Å². The summed E-state index contributed by atoms with van der Waals surface area (Å²) >= 11 is 0. The van der Waals surface area contributed by atoms with Crippen LogP contribution in [0.2, 0.25) is 0 Å². The molecular weight excluding hydrogens is 191 g/mol. The lowest BCUT2D eigenvalue weighted by Gasteiger charge is -2.33. The van der Waals surface area contributed by atoms with E-state index in [1.165, 1.54) is 6.42 Å². The van der Waals surface area contributed by atoms with Gasteiger partial charge in [0, 0.05) is 6.54 Å². The van der Waals surface area contributed by atoms with Gasteiger partial charge in [0.15, 0.2) is 0 Å². The molecule has 0 aromatic heterocycles. The molecule has 0 aromatic carbocycles. The van der Waals surface area contributed by atoms with Crippen molar-refractivity contribution in [3.05, 3.63) is 0 Å². The number of nitrogens with one attached hydrogen (secondary N) is 1. The Morgan fingerprint density at radius 2 is 1.71 bits per heavy atom. The zero-order chi connectivity index (χ0) is 10.7. The highest BCUT2D eigenvalue weighted by Gasteiger charge is 2.30. The fourth-order valence-electron chi connectivity index (χ4n) is 2.09. The summed E-state index contributed by atoms with van der Waals surface area (Å²) in [5.41, 5.74) is 0.0868. The van der Waals surface area contributed by atoms with E-state index in [1.54, 1.807) is 0 Å². The molecule has 0 bridgehead atoms. The molecule has 0 aromatic rings. The second-order valence-corrected chi connectivity index (χ2v) is 4.59. The van der Waals surface area contributed by atoms with Crippen LogP contribution in [0.3, 0.4) is 0 Å². The molecule has 1 fully saturated rings. The average Bonchev–Trinajstić information content (AvgIpc) is 2.02. The number of halogens is 3. The van der Waals surface area contributed by atoms with Gasteiger partial charge in [0.25, 0.3) is 0 Å². The summed E-state index contributed by atoms with van der Waals surface area (Å²) in [6.45, 7) is 1.71. The summed E-state index contributed by atoms with van der Waals surface area (Å²) in [6, 6.07) is 0. The highest BCUT2D eigenvalue weighted by molar-refractivity contribution is 4.80. The van der Waals surface area contributed by atoms with Crippen molar-refractivity contribution in [2.75, 3.05) is 13.1 Å². The summed E-state index contributed by atoms with van der Waals surface area (Å²) in [5.74, 6) is 0. The number of rotatable bonds is 3. The maximum Gasteiger partial charge on any atom is 0.401 e. The van der Waals surface area contributed by atoms with Gasteiger partial charge < -0.3 is 5.32 Å². The Labute approximate surface area is 83.1 Å². The lowest BCUT2D eigenvalue weighted by Crippen LogP contribution is -2.38. The third-order valence-electron chi connectivity index (χ3n) is 2.94. The van der Waals surface area contributed by atoms with Crippen molar-refractivity contribution >= 4 is 0 Å². The molecule has 0 unspecified atom stereocenters. The molecule has 0 radical (unpaired) electrons. The predicted octanol–water partition coefficient (Wildman–Crippen LogP) is 3.11. The third-order valence-corrected chi connectivity index (χ3v) is 2.94. The van der Waals surface area contributed by atoms with E-state index in [9.17, 15) is 13.2 Å². The quantitative estimate of drug-likeness (QED) is 0.753. The highest BCUT2D eigenvalue weighted by atomic mass is 19.4. The van der Waals surface area contributed by atoms with Crippen molar-refractivity contribution in [2.45, 2.75) is 45.2 Å². The fourth-order valence-corrected chi connectivity index (χ4v) is 2.09. The first-order chi connectivity index (χ1) is 6.41. The van der Waals surface area contributed by atoms with Crippen LogP contribution in [0.25, 0.3) is 0 Å². The Balaban J connectivity index is 2.22. The molecule has 0 spiro atoms. The van der Waals surface area contributed by atoms with Gasteiger partial charge in [-0.15, -0.1) is 0 Å². The Hall–Kier alpha value is -0.250. The first-order valence-electron chi connectivity index (χ1n) is 5.19. The summed E-state index contributed by atoms with van der Waals surface area (Å²) in [6.07, 6.45) is 1.57. The van der Waals surface area contributed by atoms with Crippen LogP contribution in [-0.4, -0.2) is 19.3 Å². The molecule has 0 aliphatic heterocycles. The molecule has 1 aliphatic carbocycles. The van der Waals surface area contributed by atoms with Gasteiger partial charge in [0.2, 0.25) is 0 Å². The van der Waals surface area contributed by atoms with Crippen molar-refractivity contribution in [3.8, 4) is 0 Å². The molecule has 14 heavy (non-hydrogen) atoms. The smallest absolute Gasteiger partial charge is 0.308 e. The minimum atomic E-state index is -4.08. The minimum Gasteiger partial charge on any atom is -0.308 e. The van der Waals surface area contributed by atoms with E-state index in [0.717, 1.165) is 25.7 Å². The Morgan fingerprint density at radius 1 is 1.14 bits per heavy atom. The topological polar surface area (TPSA) is 12.0 Å². The molecule has 0 amide bonds. The van der Waals surface area contributed by atoms with Crippen molar-refractivity contribution in [1.29, 1.82) is 0 Å². The van der Waals surface area contributed by atoms with Crippen LogP contribution in [-0.2, 0) is 0 Å². The van der Waals surface area contributed by atoms with Crippen LogP contribution < -0.4 is 5.32 Å². The highest BCUT2D eigenvalue weighted by Crippen LogP contribution is 2.35. The SMILES string of the molecule is CC1(CNCC(F)(F)F)CCCCC1. The van der Waals surface area contributed by atoms with E-state index >= 15 is 0 Å². The van der Waals surface area contributed by atoms with Gasteiger partial charge in [0.1, 0.15) is 0 Å². The van der Waals surface area contributed by atoms with Crippen molar-refractivity contribution in [2.24, 2.45) is 5.41 Å². The van der Waals surface area contributed by atoms with Crippen molar-refractivity contribution in [1.82, 2.24) is 5.32 Å². The molecule has 0 saturated heterocycles. The van der Waals surface area contributed by atoms with Gasteiger partial charge >= 0.3 is 6.18 Å². The normalized spacial score (nSPS) is 22.3. The van der Waals surface area contributed by atoms with E-state index < -0.39 is 12.7 Å². The number of hydrogen-bond acceptors (Lipinski definition) is 1. The minimum absolute atomic E-state index is 0.0868.